The van der Waals surface area contributed by atoms with E-state index in [1.165, 1.54) is 0 Å². The quantitative estimate of drug-likeness (QED) is 0.658. The third-order valence-electron chi connectivity index (χ3n) is 1.66. The predicted octanol–water partition coefficient (Wildman–Crippen LogP) is 4.07. The lowest BCUT2D eigenvalue weighted by Gasteiger charge is -1.97. The molecule has 64 valence electrons. The molecular formula is C11H13Cl. The highest BCUT2D eigenvalue weighted by Crippen LogP contribution is 2.18. The van der Waals surface area contributed by atoms with Crippen LogP contribution in [0.25, 0.3) is 5.03 Å². The largest absolute Gasteiger partial charge is 0.0840 e. The van der Waals surface area contributed by atoms with Crippen molar-refractivity contribution in [2.45, 2.75) is 19.8 Å². The number of unbranched alkanes of at least 4 members (excludes halogenated alkanes) is 1. The van der Waals surface area contributed by atoms with Gasteiger partial charge in [-0.3, -0.25) is 0 Å². The van der Waals surface area contributed by atoms with Crippen molar-refractivity contribution >= 4 is 16.6 Å². The van der Waals surface area contributed by atoms with Gasteiger partial charge in [0.1, 0.15) is 0 Å². The Morgan fingerprint density at radius 1 is 1.33 bits per heavy atom. The van der Waals surface area contributed by atoms with Crippen molar-refractivity contribution in [2.24, 2.45) is 0 Å². The fourth-order valence-electron chi connectivity index (χ4n) is 0.986. The summed E-state index contributed by atoms with van der Waals surface area (Å²) in [4.78, 5) is 0. The molecule has 1 aromatic rings. The first-order valence-corrected chi connectivity index (χ1v) is 4.63. The van der Waals surface area contributed by atoms with E-state index in [0.717, 1.165) is 23.4 Å². The predicted molar refractivity (Wildman–Crippen MR) is 55.2 cm³/mol. The van der Waals surface area contributed by atoms with E-state index in [1.807, 2.05) is 30.3 Å². The van der Waals surface area contributed by atoms with Gasteiger partial charge < -0.3 is 0 Å². The molecule has 0 N–H and O–H groups in total. The lowest BCUT2D eigenvalue weighted by molar-refractivity contribution is 0.961. The molecule has 0 fully saturated rings. The molecule has 0 spiro atoms. The zero-order valence-electron chi connectivity index (χ0n) is 7.26. The molecule has 1 aromatic carbocycles. The lowest BCUT2D eigenvalue weighted by atomic mass is 10.2. The van der Waals surface area contributed by atoms with E-state index >= 15 is 0 Å². The van der Waals surface area contributed by atoms with E-state index in [-0.39, 0.29) is 0 Å². The summed E-state index contributed by atoms with van der Waals surface area (Å²) >= 11 is 6.05. The van der Waals surface area contributed by atoms with Gasteiger partial charge in [-0.1, -0.05) is 61.4 Å². The topological polar surface area (TPSA) is 0 Å². The lowest BCUT2D eigenvalue weighted by Crippen LogP contribution is -1.75. The van der Waals surface area contributed by atoms with Crippen LogP contribution >= 0.6 is 11.6 Å². The molecule has 0 aliphatic carbocycles. The van der Waals surface area contributed by atoms with Crippen LogP contribution in [0.1, 0.15) is 25.3 Å². The van der Waals surface area contributed by atoms with Gasteiger partial charge in [-0.2, -0.15) is 0 Å². The minimum absolute atomic E-state index is 0.859. The summed E-state index contributed by atoms with van der Waals surface area (Å²) in [5, 5.41) is 0.859. The molecule has 0 aliphatic heterocycles. The Hall–Kier alpha value is -0.750. The highest BCUT2D eigenvalue weighted by Gasteiger charge is 1.93. The van der Waals surface area contributed by atoms with Crippen molar-refractivity contribution in [3.8, 4) is 0 Å². The molecule has 0 saturated carbocycles. The van der Waals surface area contributed by atoms with Crippen molar-refractivity contribution < 1.29 is 0 Å². The van der Waals surface area contributed by atoms with E-state index < -0.39 is 0 Å². The van der Waals surface area contributed by atoms with Gasteiger partial charge in [0.15, 0.2) is 0 Å². The maximum absolute atomic E-state index is 6.05. The fraction of sp³-hybridized carbons (Fsp3) is 0.273. The second kappa shape index (κ2) is 5.00. The molecule has 0 saturated heterocycles. The molecule has 1 rings (SSSR count). The normalized spacial score (nSPS) is 11.7. The molecule has 12 heavy (non-hydrogen) atoms. The minimum atomic E-state index is 0.859. The molecule has 1 heteroatoms. The Kier molecular flexibility index (Phi) is 3.89. The van der Waals surface area contributed by atoms with E-state index in [2.05, 4.69) is 13.0 Å². The van der Waals surface area contributed by atoms with Crippen LogP contribution < -0.4 is 0 Å². The van der Waals surface area contributed by atoms with Crippen LogP contribution in [0.2, 0.25) is 0 Å². The third-order valence-corrected chi connectivity index (χ3v) is 2.03. The second-order valence-electron chi connectivity index (χ2n) is 2.71. The maximum Gasteiger partial charge on any atom is 0.0438 e. The van der Waals surface area contributed by atoms with Gasteiger partial charge in [0.25, 0.3) is 0 Å². The van der Waals surface area contributed by atoms with E-state index in [1.54, 1.807) is 0 Å². The molecular weight excluding hydrogens is 168 g/mol. The standard InChI is InChI=1S/C11H13Cl/c1-2-3-9-11(12)10-7-5-4-6-8-10/h4-9H,2-3H2,1H3. The Morgan fingerprint density at radius 3 is 2.58 bits per heavy atom. The van der Waals surface area contributed by atoms with Crippen LogP contribution in [0.3, 0.4) is 0 Å². The first kappa shape index (κ1) is 9.34. The molecule has 0 radical (unpaired) electrons. The minimum Gasteiger partial charge on any atom is -0.0840 e. The molecule has 0 aromatic heterocycles. The van der Waals surface area contributed by atoms with Crippen molar-refractivity contribution in [3.63, 3.8) is 0 Å². The number of halogens is 1. The van der Waals surface area contributed by atoms with Crippen LogP contribution in [0.15, 0.2) is 36.4 Å². The summed E-state index contributed by atoms with van der Waals surface area (Å²) in [6.45, 7) is 2.14. The van der Waals surface area contributed by atoms with Gasteiger partial charge in [0.05, 0.1) is 0 Å². The van der Waals surface area contributed by atoms with Crippen LogP contribution in [0.4, 0.5) is 0 Å². The molecule has 0 nitrogen and oxygen atoms in total. The summed E-state index contributed by atoms with van der Waals surface area (Å²) in [7, 11) is 0. The Morgan fingerprint density at radius 2 is 2.00 bits per heavy atom. The van der Waals surface area contributed by atoms with E-state index in [4.69, 9.17) is 11.6 Å². The van der Waals surface area contributed by atoms with Crippen molar-refractivity contribution in [1.29, 1.82) is 0 Å². The second-order valence-corrected chi connectivity index (χ2v) is 3.11. The van der Waals surface area contributed by atoms with Gasteiger partial charge >= 0.3 is 0 Å². The van der Waals surface area contributed by atoms with Crippen LogP contribution in [-0.4, -0.2) is 0 Å². The van der Waals surface area contributed by atoms with Crippen molar-refractivity contribution in [3.05, 3.63) is 42.0 Å². The average molecular weight is 181 g/mol. The summed E-state index contributed by atoms with van der Waals surface area (Å²) in [5.74, 6) is 0. The molecule has 0 aliphatic rings. The van der Waals surface area contributed by atoms with Gasteiger partial charge in [-0.15, -0.1) is 0 Å². The molecule has 0 heterocycles. The van der Waals surface area contributed by atoms with Gasteiger partial charge in [-0.05, 0) is 12.0 Å². The van der Waals surface area contributed by atoms with Crippen LogP contribution in [0, 0.1) is 0 Å². The fourth-order valence-corrected chi connectivity index (χ4v) is 1.22. The number of allylic oxidation sites excluding steroid dienone is 1. The molecule has 0 unspecified atom stereocenters. The highest BCUT2D eigenvalue weighted by molar-refractivity contribution is 6.48. The number of hydrogen-bond donors (Lipinski definition) is 0. The van der Waals surface area contributed by atoms with Gasteiger partial charge in [0.2, 0.25) is 0 Å². The van der Waals surface area contributed by atoms with Crippen molar-refractivity contribution in [2.75, 3.05) is 0 Å². The number of rotatable bonds is 3. The van der Waals surface area contributed by atoms with Crippen LogP contribution in [-0.2, 0) is 0 Å². The van der Waals surface area contributed by atoms with Gasteiger partial charge in [0, 0.05) is 5.03 Å². The average Bonchev–Trinajstić information content (AvgIpc) is 2.15. The monoisotopic (exact) mass is 180 g/mol. The van der Waals surface area contributed by atoms with Crippen LogP contribution in [0.5, 0.6) is 0 Å². The maximum atomic E-state index is 6.05. The Labute approximate surface area is 78.9 Å². The first-order chi connectivity index (χ1) is 5.84. The molecule has 0 atom stereocenters. The molecule has 0 bridgehead atoms. The van der Waals surface area contributed by atoms with E-state index in [0.29, 0.717) is 0 Å². The molecule has 0 amide bonds. The summed E-state index contributed by atoms with van der Waals surface area (Å²) < 4.78 is 0. The zero-order valence-corrected chi connectivity index (χ0v) is 8.01. The Bertz CT molecular complexity index is 249. The summed E-state index contributed by atoms with van der Waals surface area (Å²) in [6, 6.07) is 10.0. The summed E-state index contributed by atoms with van der Waals surface area (Å²) in [6.07, 6.45) is 4.26. The number of benzene rings is 1. The van der Waals surface area contributed by atoms with E-state index in [9.17, 15) is 0 Å². The smallest absolute Gasteiger partial charge is 0.0438 e. The third kappa shape index (κ3) is 2.71. The summed E-state index contributed by atoms with van der Waals surface area (Å²) in [5.41, 5.74) is 1.10. The number of hydrogen-bond acceptors (Lipinski definition) is 0. The SMILES string of the molecule is CCCC=C(Cl)c1ccccc1. The zero-order chi connectivity index (χ0) is 8.81. The van der Waals surface area contributed by atoms with Gasteiger partial charge in [-0.25, -0.2) is 0 Å². The Balaban J connectivity index is 2.71. The first-order valence-electron chi connectivity index (χ1n) is 4.25. The van der Waals surface area contributed by atoms with Crippen molar-refractivity contribution in [1.82, 2.24) is 0 Å². The highest BCUT2D eigenvalue weighted by atomic mass is 35.5.